The summed E-state index contributed by atoms with van der Waals surface area (Å²) in [5.41, 5.74) is 1.44. The summed E-state index contributed by atoms with van der Waals surface area (Å²) in [6.07, 6.45) is 1.34. The number of aryl methyl sites for hydroxylation is 2. The molecule has 1 aromatic rings. The lowest BCUT2D eigenvalue weighted by Crippen LogP contribution is -2.18. The lowest BCUT2D eigenvalue weighted by atomic mass is 10.3. The number of thiophene rings is 1. The van der Waals surface area contributed by atoms with Crippen molar-refractivity contribution in [2.75, 3.05) is 0 Å². The summed E-state index contributed by atoms with van der Waals surface area (Å²) >= 11 is 1.45. The average Bonchev–Trinajstić information content (AvgIpc) is 2.59. The molecule has 1 aromatic heterocycles. The van der Waals surface area contributed by atoms with Crippen LogP contribution in [-0.4, -0.2) is 14.1 Å². The first-order valence-electron chi connectivity index (χ1n) is 7.01. The van der Waals surface area contributed by atoms with E-state index >= 15 is 0 Å². The van der Waals surface area contributed by atoms with E-state index in [4.69, 9.17) is 0 Å². The van der Waals surface area contributed by atoms with Crippen molar-refractivity contribution in [3.63, 3.8) is 0 Å². The van der Waals surface area contributed by atoms with Crippen LogP contribution in [0.3, 0.4) is 0 Å². The molecule has 0 radical (unpaired) electrons. The normalized spacial score (nSPS) is 11.5. The van der Waals surface area contributed by atoms with E-state index in [-0.39, 0.29) is 0 Å². The van der Waals surface area contributed by atoms with E-state index in [1.54, 1.807) is 4.88 Å². The van der Waals surface area contributed by atoms with Crippen molar-refractivity contribution in [3.8, 4) is 0 Å². The van der Waals surface area contributed by atoms with Gasteiger partial charge in [-0.1, -0.05) is 55.4 Å². The maximum atomic E-state index is 2.38. The smallest absolute Gasteiger partial charge is 0.149 e. The quantitative estimate of drug-likeness (QED) is 0.579. The zero-order valence-electron chi connectivity index (χ0n) is 12.1. The molecule has 0 N–H and O–H groups in total. The first-order valence-corrected chi connectivity index (χ1v) is 10.3. The molecule has 0 spiro atoms. The van der Waals surface area contributed by atoms with Crippen molar-refractivity contribution < 1.29 is 0 Å². The van der Waals surface area contributed by atoms with E-state index in [2.05, 4.69) is 46.1 Å². The fourth-order valence-electron chi connectivity index (χ4n) is 2.63. The second kappa shape index (κ2) is 7.62. The summed E-state index contributed by atoms with van der Waals surface area (Å²) in [5.74, 6) is 1.80. The van der Waals surface area contributed by atoms with E-state index < -0.39 is 14.1 Å². The predicted octanol–water partition coefficient (Wildman–Crippen LogP) is 5.41. The van der Waals surface area contributed by atoms with Gasteiger partial charge in [0.2, 0.25) is 0 Å². The van der Waals surface area contributed by atoms with Gasteiger partial charge in [0.25, 0.3) is 14.1 Å². The molecule has 96 valence electrons. The van der Waals surface area contributed by atoms with E-state index in [9.17, 15) is 0 Å². The Hall–Kier alpha value is 0.232. The van der Waals surface area contributed by atoms with Gasteiger partial charge in [-0.3, -0.25) is 0 Å². The van der Waals surface area contributed by atoms with Crippen molar-refractivity contribution in [1.29, 1.82) is 0 Å². The fraction of sp³-hybridized carbons (Fsp3) is 0.733. The molecule has 2 heteroatoms. The van der Waals surface area contributed by atoms with Gasteiger partial charge >= 0.3 is 0 Å². The van der Waals surface area contributed by atoms with Crippen LogP contribution in [0.25, 0.3) is 0 Å². The second-order valence-electron chi connectivity index (χ2n) is 6.25. The van der Waals surface area contributed by atoms with Gasteiger partial charge in [-0.25, -0.2) is 0 Å². The average molecular weight is 266 g/mol. The van der Waals surface area contributed by atoms with Crippen LogP contribution in [0.2, 0.25) is 15.8 Å². The van der Waals surface area contributed by atoms with Gasteiger partial charge in [-0.15, -0.1) is 11.3 Å². The molecule has 0 aliphatic carbocycles. The molecule has 0 saturated carbocycles. The Morgan fingerprint density at radius 2 is 1.71 bits per heavy atom. The summed E-state index contributed by atoms with van der Waals surface area (Å²) < 4.78 is 0. The molecule has 0 saturated heterocycles. The van der Waals surface area contributed by atoms with E-state index in [0.717, 1.165) is 11.8 Å². The van der Waals surface area contributed by atoms with Gasteiger partial charge < -0.3 is 0 Å². The third kappa shape index (κ3) is 6.65. The highest BCUT2D eigenvalue weighted by molar-refractivity contribution is 7.10. The molecule has 1 heterocycles. The molecule has 1 rings (SSSR count). The monoisotopic (exact) mass is 266 g/mol. The van der Waals surface area contributed by atoms with Crippen LogP contribution >= 0.6 is 11.3 Å². The Morgan fingerprint density at radius 1 is 1.12 bits per heavy atom. The minimum Gasteiger partial charge on any atom is -0.149 e. The Balaban J connectivity index is 2.42. The first kappa shape index (κ1) is 15.3. The van der Waals surface area contributed by atoms with Crippen LogP contribution in [0.1, 0.15) is 38.1 Å². The molecule has 0 fully saturated rings. The lowest BCUT2D eigenvalue weighted by molar-refractivity contribution is 0.686. The van der Waals surface area contributed by atoms with Crippen LogP contribution in [0.5, 0.6) is 0 Å². The minimum absolute atomic E-state index is 0.503. The van der Waals surface area contributed by atoms with E-state index in [1.165, 1.54) is 27.8 Å². The maximum Gasteiger partial charge on any atom is 0.262 e. The van der Waals surface area contributed by atoms with E-state index in [0.29, 0.717) is 0 Å². The molecule has 17 heavy (non-hydrogen) atoms. The number of hydrogen-bond donors (Lipinski definition) is 0. The van der Waals surface area contributed by atoms with Crippen LogP contribution in [0, 0.1) is 18.8 Å². The van der Waals surface area contributed by atoms with Crippen LogP contribution in [0.4, 0.5) is 0 Å². The molecule has 0 aliphatic heterocycles. The second-order valence-corrected chi connectivity index (χ2v) is 10.5. The Labute approximate surface area is 116 Å². The Morgan fingerprint density at radius 3 is 2.12 bits per heavy atom. The van der Waals surface area contributed by atoms with Crippen LogP contribution in [0.15, 0.2) is 11.4 Å². The molecule has 0 bridgehead atoms. The molecule has 0 atom stereocenters. The Bertz CT molecular complexity index is 304. The molecule has 0 aliphatic rings. The highest BCUT2D eigenvalue weighted by atomic mass is 32.1. The maximum absolute atomic E-state index is 2.38. The number of hydrogen-bond acceptors (Lipinski definition) is 1. The van der Waals surface area contributed by atoms with Crippen LogP contribution < -0.4 is 0 Å². The van der Waals surface area contributed by atoms with Crippen molar-refractivity contribution >= 4 is 25.5 Å². The van der Waals surface area contributed by atoms with Gasteiger partial charge in [0.1, 0.15) is 0 Å². The van der Waals surface area contributed by atoms with Crippen LogP contribution in [-0.2, 0) is 6.42 Å². The SMILES string of the molecule is Cc1csc(C[CH2][Al]([CH2]C(C)C)[CH2]C(C)C)c1. The fourth-order valence-corrected chi connectivity index (χ4v) is 7.79. The van der Waals surface area contributed by atoms with Crippen molar-refractivity contribution in [2.45, 2.75) is 56.9 Å². The standard InChI is InChI=1S/C7H9S.2C4H9.Al/c1-3-7-4-6(2)5-8-7;2*1-4(2)3;/h4-5H,1,3H2,2H3;2*4H,1H2,2-3H3;. The molecule has 0 amide bonds. The summed E-state index contributed by atoms with van der Waals surface area (Å²) in [6, 6.07) is 2.38. The topological polar surface area (TPSA) is 0 Å². The van der Waals surface area contributed by atoms with Crippen molar-refractivity contribution in [2.24, 2.45) is 11.8 Å². The van der Waals surface area contributed by atoms with Gasteiger partial charge in [-0.2, -0.15) is 0 Å². The molecule has 0 aromatic carbocycles. The summed E-state index contributed by atoms with van der Waals surface area (Å²) in [4.78, 5) is 1.60. The minimum atomic E-state index is -0.503. The largest absolute Gasteiger partial charge is 0.262 e. The molecule has 0 unspecified atom stereocenters. The molecular weight excluding hydrogens is 239 g/mol. The predicted molar refractivity (Wildman–Crippen MR) is 82.6 cm³/mol. The van der Waals surface area contributed by atoms with Crippen molar-refractivity contribution in [1.82, 2.24) is 0 Å². The van der Waals surface area contributed by atoms with Crippen molar-refractivity contribution in [3.05, 3.63) is 21.9 Å². The summed E-state index contributed by atoms with van der Waals surface area (Å²) in [5, 5.41) is 6.86. The molecular formula is C15H27AlS. The van der Waals surface area contributed by atoms with Gasteiger partial charge in [-0.05, 0) is 30.4 Å². The zero-order valence-corrected chi connectivity index (χ0v) is 14.1. The zero-order chi connectivity index (χ0) is 12.8. The first-order chi connectivity index (χ1) is 7.97. The van der Waals surface area contributed by atoms with Gasteiger partial charge in [0.05, 0.1) is 0 Å². The van der Waals surface area contributed by atoms with E-state index in [1.807, 2.05) is 11.3 Å². The summed E-state index contributed by atoms with van der Waals surface area (Å²) in [6.45, 7) is 11.7. The lowest BCUT2D eigenvalue weighted by Gasteiger charge is -2.15. The van der Waals surface area contributed by atoms with Gasteiger partial charge in [0.15, 0.2) is 0 Å². The van der Waals surface area contributed by atoms with Gasteiger partial charge in [0, 0.05) is 4.88 Å². The molecule has 0 nitrogen and oxygen atoms in total. The highest BCUT2D eigenvalue weighted by Gasteiger charge is 2.19. The third-order valence-corrected chi connectivity index (χ3v) is 8.63. The Kier molecular flexibility index (Phi) is 6.85. The summed E-state index contributed by atoms with van der Waals surface area (Å²) in [7, 11) is 0. The highest BCUT2D eigenvalue weighted by Crippen LogP contribution is 2.22. The third-order valence-electron chi connectivity index (χ3n) is 3.19. The number of rotatable bonds is 7.